The van der Waals surface area contributed by atoms with Crippen molar-refractivity contribution >= 4 is 24.4 Å². The van der Waals surface area contributed by atoms with Crippen LogP contribution in [-0.2, 0) is 42.9 Å². The van der Waals surface area contributed by atoms with Crippen LogP contribution in [0, 0.1) is 11.8 Å². The molecule has 1 heterocycles. The molecule has 1 aliphatic heterocycles. The van der Waals surface area contributed by atoms with Gasteiger partial charge in [-0.1, -0.05) is 13.5 Å². The Morgan fingerprint density at radius 3 is 2.54 bits per heavy atom. The zero-order valence-corrected chi connectivity index (χ0v) is 14.6. The molecule has 0 saturated carbocycles. The highest BCUT2D eigenvalue weighted by atomic mass is 19.1. The van der Waals surface area contributed by atoms with Gasteiger partial charge in [-0.2, -0.15) is 0 Å². The van der Waals surface area contributed by atoms with Crippen molar-refractivity contribution in [2.45, 2.75) is 32.3 Å². The van der Waals surface area contributed by atoms with E-state index >= 15 is 0 Å². The van der Waals surface area contributed by atoms with Crippen LogP contribution in [0.1, 0.15) is 13.8 Å². The van der Waals surface area contributed by atoms with E-state index < -0.39 is 67.1 Å². The van der Waals surface area contributed by atoms with Crippen molar-refractivity contribution < 1.29 is 47.3 Å². The Morgan fingerprint density at radius 2 is 2.00 bits per heavy atom. The molecule has 10 heteroatoms. The van der Waals surface area contributed by atoms with Crippen LogP contribution in [0.25, 0.3) is 0 Å². The fraction of sp³-hybridized carbons (Fsp3) is 0.625. The first kappa shape index (κ1) is 21.6. The van der Waals surface area contributed by atoms with E-state index in [1.54, 1.807) is 13.8 Å². The quantitative estimate of drug-likeness (QED) is 0.243. The lowest BCUT2D eigenvalue weighted by Crippen LogP contribution is -2.34. The number of carbonyl (C=O) groups excluding carboxylic acids is 4. The Morgan fingerprint density at radius 1 is 1.35 bits per heavy atom. The van der Waals surface area contributed by atoms with Gasteiger partial charge in [-0.25, -0.2) is 14.0 Å². The molecule has 26 heavy (non-hydrogen) atoms. The smallest absolute Gasteiger partial charge is 0.346 e. The van der Waals surface area contributed by atoms with Gasteiger partial charge < -0.3 is 23.7 Å². The van der Waals surface area contributed by atoms with E-state index in [-0.39, 0.29) is 6.47 Å². The molecule has 0 spiro atoms. The van der Waals surface area contributed by atoms with Crippen LogP contribution in [0.5, 0.6) is 0 Å². The monoisotopic (exact) mass is 376 g/mol. The maximum Gasteiger partial charge on any atom is 0.346 e. The van der Waals surface area contributed by atoms with E-state index in [9.17, 15) is 23.6 Å². The predicted molar refractivity (Wildman–Crippen MR) is 82.1 cm³/mol. The van der Waals surface area contributed by atoms with Crippen molar-refractivity contribution in [2.75, 3.05) is 20.4 Å². The van der Waals surface area contributed by atoms with Gasteiger partial charge in [0.2, 0.25) is 6.29 Å². The second-order valence-electron chi connectivity index (χ2n) is 5.62. The summed E-state index contributed by atoms with van der Waals surface area (Å²) >= 11 is 0. The second kappa shape index (κ2) is 9.85. The largest absolute Gasteiger partial charge is 0.469 e. The minimum Gasteiger partial charge on any atom is -0.469 e. The molecule has 1 fully saturated rings. The molecule has 1 aliphatic rings. The number of alkyl halides is 1. The van der Waals surface area contributed by atoms with Crippen molar-refractivity contribution in [3.05, 3.63) is 12.2 Å². The molecule has 5 unspecified atom stereocenters. The minimum atomic E-state index is -1.32. The molecule has 146 valence electrons. The van der Waals surface area contributed by atoms with Gasteiger partial charge in [0.05, 0.1) is 12.7 Å². The number of hydrogen-bond acceptors (Lipinski definition) is 9. The lowest BCUT2D eigenvalue weighted by Gasteiger charge is -2.21. The zero-order valence-electron chi connectivity index (χ0n) is 14.6. The van der Waals surface area contributed by atoms with Crippen LogP contribution in [0.2, 0.25) is 0 Å². The summed E-state index contributed by atoms with van der Waals surface area (Å²) in [6.45, 7) is 4.64. The predicted octanol–water partition coefficient (Wildman–Crippen LogP) is 0.310. The highest BCUT2D eigenvalue weighted by Gasteiger charge is 2.51. The summed E-state index contributed by atoms with van der Waals surface area (Å²) in [5.41, 5.74) is -0.448. The molecular weight excluding hydrogens is 355 g/mol. The highest BCUT2D eigenvalue weighted by molar-refractivity contribution is 5.89. The van der Waals surface area contributed by atoms with Gasteiger partial charge in [0, 0.05) is 5.92 Å². The number of carbonyl (C=O) groups is 4. The van der Waals surface area contributed by atoms with E-state index in [4.69, 9.17) is 14.2 Å². The van der Waals surface area contributed by atoms with Gasteiger partial charge in [0.15, 0.2) is 6.61 Å². The molecule has 0 aliphatic carbocycles. The average molecular weight is 376 g/mol. The molecule has 0 aromatic heterocycles. The first-order valence-electron chi connectivity index (χ1n) is 7.69. The molecule has 0 aromatic rings. The van der Waals surface area contributed by atoms with Crippen molar-refractivity contribution in [3.8, 4) is 0 Å². The minimum absolute atomic E-state index is 0.241. The standard InChI is InChI=1S/C16H21FO9/c1-8(5-17)14(20)23-6-11(19)25-16-12(15(21)22-4)9(2)13(26-16)10(3)24-7-18/h7,9-10,12-13,16H,1,5-6H2,2-4H3. The van der Waals surface area contributed by atoms with E-state index in [1.807, 2.05) is 0 Å². The molecule has 0 aromatic carbocycles. The van der Waals surface area contributed by atoms with Crippen LogP contribution >= 0.6 is 0 Å². The van der Waals surface area contributed by atoms with E-state index in [0.717, 1.165) is 7.11 Å². The van der Waals surface area contributed by atoms with Gasteiger partial charge in [-0.15, -0.1) is 0 Å². The number of methoxy groups -OCH3 is 1. The van der Waals surface area contributed by atoms with E-state index in [1.165, 1.54) is 0 Å². The molecule has 0 radical (unpaired) electrons. The van der Waals surface area contributed by atoms with Crippen LogP contribution in [0.15, 0.2) is 12.2 Å². The average Bonchev–Trinajstić information content (AvgIpc) is 2.94. The van der Waals surface area contributed by atoms with Crippen LogP contribution < -0.4 is 0 Å². The van der Waals surface area contributed by atoms with Crippen LogP contribution in [0.3, 0.4) is 0 Å². The molecule has 5 atom stereocenters. The summed E-state index contributed by atoms with van der Waals surface area (Å²) in [4.78, 5) is 45.6. The fourth-order valence-corrected chi connectivity index (χ4v) is 2.53. The van der Waals surface area contributed by atoms with Gasteiger partial charge in [0.25, 0.3) is 6.47 Å². The number of esters is 3. The first-order chi connectivity index (χ1) is 12.3. The van der Waals surface area contributed by atoms with Gasteiger partial charge in [-0.3, -0.25) is 9.59 Å². The Kier molecular flexibility index (Phi) is 8.17. The van der Waals surface area contributed by atoms with Crippen molar-refractivity contribution in [3.63, 3.8) is 0 Å². The molecule has 1 rings (SSSR count). The lowest BCUT2D eigenvalue weighted by molar-refractivity contribution is -0.197. The topological polar surface area (TPSA) is 114 Å². The normalized spacial score (nSPS) is 25.7. The Labute approximate surface area is 149 Å². The number of hydrogen-bond donors (Lipinski definition) is 0. The molecular formula is C16H21FO9. The highest BCUT2D eigenvalue weighted by Crippen LogP contribution is 2.36. The Balaban J connectivity index is 2.76. The van der Waals surface area contributed by atoms with E-state index in [2.05, 4.69) is 16.1 Å². The zero-order chi connectivity index (χ0) is 19.9. The summed E-state index contributed by atoms with van der Waals surface area (Å²) in [5, 5.41) is 0. The van der Waals surface area contributed by atoms with Crippen LogP contribution in [-0.4, -0.2) is 63.3 Å². The number of halogens is 1. The van der Waals surface area contributed by atoms with Gasteiger partial charge in [-0.05, 0) is 6.92 Å². The maximum absolute atomic E-state index is 12.3. The van der Waals surface area contributed by atoms with Crippen molar-refractivity contribution in [2.24, 2.45) is 11.8 Å². The SMILES string of the molecule is C=C(CF)C(=O)OCC(=O)OC1OC(C(C)OC=O)C(C)C1C(=O)OC. The third-order valence-corrected chi connectivity index (χ3v) is 3.89. The van der Waals surface area contributed by atoms with Crippen molar-refractivity contribution in [1.29, 1.82) is 0 Å². The van der Waals surface area contributed by atoms with Crippen LogP contribution in [0.4, 0.5) is 4.39 Å². The summed E-state index contributed by atoms with van der Waals surface area (Å²) < 4.78 is 36.9. The third-order valence-electron chi connectivity index (χ3n) is 3.89. The first-order valence-corrected chi connectivity index (χ1v) is 7.69. The Bertz CT molecular complexity index is 562. The maximum atomic E-state index is 12.3. The summed E-state index contributed by atoms with van der Waals surface area (Å²) in [6.07, 6.45) is -2.75. The number of ether oxygens (including phenoxy) is 5. The molecule has 9 nitrogen and oxygen atoms in total. The molecule has 0 amide bonds. The number of rotatable bonds is 9. The van der Waals surface area contributed by atoms with E-state index in [0.29, 0.717) is 0 Å². The second-order valence-corrected chi connectivity index (χ2v) is 5.62. The third kappa shape index (κ3) is 5.25. The van der Waals surface area contributed by atoms with Gasteiger partial charge >= 0.3 is 17.9 Å². The summed E-state index contributed by atoms with van der Waals surface area (Å²) in [6, 6.07) is 0. The molecule has 0 bridgehead atoms. The molecule has 0 N–H and O–H groups in total. The van der Waals surface area contributed by atoms with Crippen molar-refractivity contribution in [1.82, 2.24) is 0 Å². The summed E-state index contributed by atoms with van der Waals surface area (Å²) in [7, 11) is 1.16. The Hall–Kier alpha value is -2.49. The fourth-order valence-electron chi connectivity index (χ4n) is 2.53. The van der Waals surface area contributed by atoms with Gasteiger partial charge in [0.1, 0.15) is 24.8 Å². The lowest BCUT2D eigenvalue weighted by atomic mass is 9.89. The molecule has 1 saturated heterocycles. The summed E-state index contributed by atoms with van der Waals surface area (Å²) in [5.74, 6) is -4.24.